The van der Waals surface area contributed by atoms with Crippen molar-refractivity contribution in [1.82, 2.24) is 10.2 Å². The maximum atomic E-state index is 12.1. The Morgan fingerprint density at radius 3 is 2.67 bits per heavy atom. The monoisotopic (exact) mass is 289 g/mol. The van der Waals surface area contributed by atoms with E-state index in [9.17, 15) is 4.79 Å². The molecule has 2 atom stereocenters. The van der Waals surface area contributed by atoms with Crippen molar-refractivity contribution in [2.24, 2.45) is 5.73 Å². The average Bonchev–Trinajstić information content (AvgIpc) is 2.51. The third-order valence-corrected chi connectivity index (χ3v) is 4.83. The standard InChI is InChI=1S/C17H27N3O/c1-14-8-6-7-12-20(14)13-11-17(19-2,16(18)21)15-9-4-3-5-10-15/h3-5,9-10,14,19H,6-8,11-13H2,1-2H3,(H2,18,21). The number of nitrogens with one attached hydrogen (secondary N) is 1. The Kier molecular flexibility index (Phi) is 5.37. The van der Waals surface area contributed by atoms with Gasteiger partial charge < -0.3 is 16.0 Å². The van der Waals surface area contributed by atoms with Gasteiger partial charge in [-0.15, -0.1) is 0 Å². The number of rotatable bonds is 6. The van der Waals surface area contributed by atoms with Gasteiger partial charge in [0.2, 0.25) is 5.91 Å². The topological polar surface area (TPSA) is 58.4 Å². The van der Waals surface area contributed by atoms with Crippen LogP contribution in [0.15, 0.2) is 30.3 Å². The molecule has 1 amide bonds. The maximum absolute atomic E-state index is 12.1. The van der Waals surface area contributed by atoms with Gasteiger partial charge >= 0.3 is 0 Å². The normalized spacial score (nSPS) is 22.7. The number of nitrogens with two attached hydrogens (primary N) is 1. The van der Waals surface area contributed by atoms with E-state index >= 15 is 0 Å². The molecule has 0 saturated carbocycles. The number of hydrogen-bond donors (Lipinski definition) is 2. The number of carbonyl (C=O) groups is 1. The molecule has 1 aliphatic rings. The van der Waals surface area contributed by atoms with Gasteiger partial charge in [-0.3, -0.25) is 4.79 Å². The molecule has 3 N–H and O–H groups in total. The Bertz CT molecular complexity index is 462. The molecule has 21 heavy (non-hydrogen) atoms. The predicted molar refractivity (Wildman–Crippen MR) is 85.9 cm³/mol. The quantitative estimate of drug-likeness (QED) is 0.840. The molecule has 0 spiro atoms. The van der Waals surface area contributed by atoms with Crippen LogP contribution < -0.4 is 11.1 Å². The summed E-state index contributed by atoms with van der Waals surface area (Å²) in [5, 5.41) is 3.18. The van der Waals surface area contributed by atoms with E-state index in [0.29, 0.717) is 12.5 Å². The summed E-state index contributed by atoms with van der Waals surface area (Å²) >= 11 is 0. The molecule has 2 unspecified atom stereocenters. The lowest BCUT2D eigenvalue weighted by Gasteiger charge is -2.37. The molecule has 1 saturated heterocycles. The number of primary amides is 1. The van der Waals surface area contributed by atoms with Gasteiger partial charge in [-0.25, -0.2) is 0 Å². The Morgan fingerprint density at radius 2 is 2.10 bits per heavy atom. The molecule has 0 aromatic heterocycles. The van der Waals surface area contributed by atoms with Crippen molar-refractivity contribution in [3.05, 3.63) is 35.9 Å². The van der Waals surface area contributed by atoms with E-state index in [1.165, 1.54) is 19.3 Å². The van der Waals surface area contributed by atoms with E-state index in [1.54, 1.807) is 0 Å². The number of hydrogen-bond acceptors (Lipinski definition) is 3. The molecule has 0 aliphatic carbocycles. The first-order valence-electron chi connectivity index (χ1n) is 7.88. The van der Waals surface area contributed by atoms with Gasteiger partial charge in [-0.2, -0.15) is 0 Å². The zero-order chi connectivity index (χ0) is 15.3. The van der Waals surface area contributed by atoms with Crippen LogP contribution in [-0.2, 0) is 10.3 Å². The predicted octanol–water partition coefficient (Wildman–Crippen LogP) is 1.85. The number of likely N-dealkylation sites (N-methyl/N-ethyl adjacent to an activating group) is 1. The fraction of sp³-hybridized carbons (Fsp3) is 0.588. The van der Waals surface area contributed by atoms with E-state index in [0.717, 1.165) is 18.7 Å². The summed E-state index contributed by atoms with van der Waals surface area (Å²) in [6, 6.07) is 10.4. The van der Waals surface area contributed by atoms with E-state index in [1.807, 2.05) is 37.4 Å². The first kappa shape index (κ1) is 16.0. The molecule has 1 fully saturated rings. The number of amides is 1. The molecule has 0 bridgehead atoms. The molecular weight excluding hydrogens is 262 g/mol. The molecule has 0 radical (unpaired) electrons. The molecule has 4 nitrogen and oxygen atoms in total. The number of carbonyl (C=O) groups excluding carboxylic acids is 1. The minimum atomic E-state index is -0.779. The molecule has 1 aliphatic heterocycles. The smallest absolute Gasteiger partial charge is 0.242 e. The lowest BCUT2D eigenvalue weighted by molar-refractivity contribution is -0.125. The second-order valence-electron chi connectivity index (χ2n) is 6.02. The van der Waals surface area contributed by atoms with Crippen molar-refractivity contribution in [2.75, 3.05) is 20.1 Å². The summed E-state index contributed by atoms with van der Waals surface area (Å²) in [5.74, 6) is -0.305. The Balaban J connectivity index is 2.15. The summed E-state index contributed by atoms with van der Waals surface area (Å²) < 4.78 is 0. The zero-order valence-corrected chi connectivity index (χ0v) is 13.1. The van der Waals surface area contributed by atoms with Crippen molar-refractivity contribution in [1.29, 1.82) is 0 Å². The van der Waals surface area contributed by atoms with E-state index in [-0.39, 0.29) is 5.91 Å². The van der Waals surface area contributed by atoms with Gasteiger partial charge in [0.05, 0.1) is 0 Å². The molecule has 1 aromatic rings. The van der Waals surface area contributed by atoms with Gasteiger partial charge in [0.15, 0.2) is 0 Å². The molecule has 4 heteroatoms. The molecule has 2 rings (SSSR count). The van der Waals surface area contributed by atoms with E-state index in [4.69, 9.17) is 5.73 Å². The second kappa shape index (κ2) is 7.05. The average molecular weight is 289 g/mol. The maximum Gasteiger partial charge on any atom is 0.242 e. The van der Waals surface area contributed by atoms with E-state index < -0.39 is 5.54 Å². The number of likely N-dealkylation sites (tertiary alicyclic amines) is 1. The van der Waals surface area contributed by atoms with Gasteiger partial charge in [-0.1, -0.05) is 36.8 Å². The summed E-state index contributed by atoms with van der Waals surface area (Å²) in [7, 11) is 1.82. The van der Waals surface area contributed by atoms with Crippen molar-refractivity contribution in [3.8, 4) is 0 Å². The summed E-state index contributed by atoms with van der Waals surface area (Å²) in [5.41, 5.74) is 5.91. The van der Waals surface area contributed by atoms with Crippen LogP contribution in [0.4, 0.5) is 0 Å². The molecule has 1 aromatic carbocycles. The fourth-order valence-corrected chi connectivity index (χ4v) is 3.33. The highest BCUT2D eigenvalue weighted by atomic mass is 16.1. The molecular formula is C17H27N3O. The number of benzene rings is 1. The van der Waals surface area contributed by atoms with Gasteiger partial charge in [-0.05, 0) is 45.3 Å². The zero-order valence-electron chi connectivity index (χ0n) is 13.1. The van der Waals surface area contributed by atoms with Crippen LogP contribution in [0.25, 0.3) is 0 Å². The summed E-state index contributed by atoms with van der Waals surface area (Å²) in [6.45, 7) is 4.28. The van der Waals surface area contributed by atoms with Gasteiger partial charge in [0, 0.05) is 12.6 Å². The fourth-order valence-electron chi connectivity index (χ4n) is 3.33. The minimum absolute atomic E-state index is 0.305. The van der Waals surface area contributed by atoms with Crippen LogP contribution in [0.2, 0.25) is 0 Å². The van der Waals surface area contributed by atoms with Crippen molar-refractivity contribution < 1.29 is 4.79 Å². The van der Waals surface area contributed by atoms with Crippen LogP contribution in [-0.4, -0.2) is 37.0 Å². The van der Waals surface area contributed by atoms with Crippen molar-refractivity contribution in [3.63, 3.8) is 0 Å². The highest BCUT2D eigenvalue weighted by Crippen LogP contribution is 2.26. The van der Waals surface area contributed by atoms with Crippen molar-refractivity contribution >= 4 is 5.91 Å². The number of piperidine rings is 1. The first-order valence-corrected chi connectivity index (χ1v) is 7.88. The Morgan fingerprint density at radius 1 is 1.38 bits per heavy atom. The lowest BCUT2D eigenvalue weighted by Crippen LogP contribution is -2.53. The lowest BCUT2D eigenvalue weighted by atomic mass is 9.85. The van der Waals surface area contributed by atoms with Crippen LogP contribution in [0, 0.1) is 0 Å². The largest absolute Gasteiger partial charge is 0.368 e. The van der Waals surface area contributed by atoms with Gasteiger partial charge in [0.1, 0.15) is 5.54 Å². The van der Waals surface area contributed by atoms with Crippen LogP contribution >= 0.6 is 0 Å². The Hall–Kier alpha value is -1.39. The van der Waals surface area contributed by atoms with Gasteiger partial charge in [0.25, 0.3) is 0 Å². The first-order chi connectivity index (χ1) is 10.1. The van der Waals surface area contributed by atoms with Crippen LogP contribution in [0.1, 0.15) is 38.2 Å². The molecule has 116 valence electrons. The summed E-state index contributed by atoms with van der Waals surface area (Å²) in [6.07, 6.45) is 4.50. The minimum Gasteiger partial charge on any atom is -0.368 e. The van der Waals surface area contributed by atoms with Crippen molar-refractivity contribution in [2.45, 2.75) is 44.2 Å². The highest BCUT2D eigenvalue weighted by molar-refractivity contribution is 5.86. The van der Waals surface area contributed by atoms with Crippen LogP contribution in [0.3, 0.4) is 0 Å². The Labute approximate surface area is 127 Å². The second-order valence-corrected chi connectivity index (χ2v) is 6.02. The highest BCUT2D eigenvalue weighted by Gasteiger charge is 2.37. The third-order valence-electron chi connectivity index (χ3n) is 4.83. The number of nitrogens with zero attached hydrogens (tertiary/aromatic N) is 1. The van der Waals surface area contributed by atoms with Crippen LogP contribution in [0.5, 0.6) is 0 Å². The van der Waals surface area contributed by atoms with E-state index in [2.05, 4.69) is 17.1 Å². The summed E-state index contributed by atoms with van der Waals surface area (Å²) in [4.78, 5) is 14.6. The SMILES string of the molecule is CNC(CCN1CCCCC1C)(C(N)=O)c1ccccc1. The molecule has 1 heterocycles. The third kappa shape index (κ3) is 3.44.